The molecule has 0 aromatic heterocycles. The molecule has 1 aliphatic carbocycles. The summed E-state index contributed by atoms with van der Waals surface area (Å²) in [6.45, 7) is 3.00. The summed E-state index contributed by atoms with van der Waals surface area (Å²) >= 11 is 2.00. The lowest BCUT2D eigenvalue weighted by atomic mass is 9.76. The Kier molecular flexibility index (Phi) is 4.96. The van der Waals surface area contributed by atoms with Crippen LogP contribution in [0, 0.1) is 5.92 Å². The van der Waals surface area contributed by atoms with E-state index in [0.29, 0.717) is 11.2 Å². The molecular weight excluding hydrogens is 244 g/mol. The van der Waals surface area contributed by atoms with Crippen molar-refractivity contribution in [1.29, 1.82) is 0 Å². The summed E-state index contributed by atoms with van der Waals surface area (Å²) in [4.78, 5) is 12.3. The molecule has 2 fully saturated rings. The average molecular weight is 270 g/mol. The Bertz CT molecular complexity index is 292. The molecular formula is C14H26N2OS. The molecule has 0 spiro atoms. The molecule has 0 aromatic rings. The Balaban J connectivity index is 1.79. The Labute approximate surface area is 115 Å². The molecule has 1 heterocycles. The summed E-state index contributed by atoms with van der Waals surface area (Å²) < 4.78 is 0. The zero-order valence-corrected chi connectivity index (χ0v) is 12.2. The van der Waals surface area contributed by atoms with Crippen molar-refractivity contribution in [3.05, 3.63) is 0 Å². The molecule has 3 atom stereocenters. The first-order valence-electron chi connectivity index (χ1n) is 7.29. The fourth-order valence-corrected chi connectivity index (χ4v) is 4.39. The topological polar surface area (TPSA) is 55.1 Å². The third-order valence-corrected chi connectivity index (χ3v) is 5.65. The van der Waals surface area contributed by atoms with Gasteiger partial charge >= 0.3 is 0 Å². The van der Waals surface area contributed by atoms with Crippen molar-refractivity contribution in [2.75, 3.05) is 12.3 Å². The van der Waals surface area contributed by atoms with Crippen LogP contribution in [-0.4, -0.2) is 29.0 Å². The molecule has 3 unspecified atom stereocenters. The van der Waals surface area contributed by atoms with Crippen LogP contribution in [0.4, 0.5) is 0 Å². The second kappa shape index (κ2) is 6.29. The van der Waals surface area contributed by atoms with Gasteiger partial charge in [-0.2, -0.15) is 11.8 Å². The Hall–Kier alpha value is -0.220. The van der Waals surface area contributed by atoms with Crippen LogP contribution < -0.4 is 11.1 Å². The molecule has 0 bridgehead atoms. The number of hydrogen-bond donors (Lipinski definition) is 2. The number of carbonyl (C=O) groups excluding carboxylic acids is 1. The van der Waals surface area contributed by atoms with E-state index in [-0.39, 0.29) is 5.91 Å². The largest absolute Gasteiger partial charge is 0.353 e. The summed E-state index contributed by atoms with van der Waals surface area (Å²) in [6, 6.07) is 0. The van der Waals surface area contributed by atoms with Gasteiger partial charge in [-0.1, -0.05) is 26.2 Å². The number of amides is 1. The summed E-state index contributed by atoms with van der Waals surface area (Å²) in [7, 11) is 0. The van der Waals surface area contributed by atoms with Crippen LogP contribution in [0.2, 0.25) is 0 Å². The SMILES string of the molecule is CC1CCCC(N)(C(=O)NCC2CCCCS2)C1. The third-order valence-electron chi connectivity index (χ3n) is 4.25. The first-order chi connectivity index (χ1) is 8.60. The van der Waals surface area contributed by atoms with Crippen molar-refractivity contribution >= 4 is 17.7 Å². The highest BCUT2D eigenvalue weighted by Crippen LogP contribution is 2.31. The lowest BCUT2D eigenvalue weighted by Crippen LogP contribution is -2.57. The van der Waals surface area contributed by atoms with Crippen LogP contribution in [0.3, 0.4) is 0 Å². The summed E-state index contributed by atoms with van der Waals surface area (Å²) in [5, 5.41) is 3.70. The molecule has 18 heavy (non-hydrogen) atoms. The minimum absolute atomic E-state index is 0.0835. The molecule has 1 amide bonds. The van der Waals surface area contributed by atoms with Crippen molar-refractivity contribution in [3.8, 4) is 0 Å². The van der Waals surface area contributed by atoms with Gasteiger partial charge in [-0.05, 0) is 37.4 Å². The highest BCUT2D eigenvalue weighted by atomic mass is 32.2. The number of rotatable bonds is 3. The molecule has 3 nitrogen and oxygen atoms in total. The van der Waals surface area contributed by atoms with Gasteiger partial charge in [-0.25, -0.2) is 0 Å². The molecule has 4 heteroatoms. The van der Waals surface area contributed by atoms with E-state index in [2.05, 4.69) is 12.2 Å². The van der Waals surface area contributed by atoms with E-state index in [0.717, 1.165) is 25.8 Å². The van der Waals surface area contributed by atoms with Gasteiger partial charge in [0.05, 0.1) is 5.54 Å². The quantitative estimate of drug-likeness (QED) is 0.827. The maximum absolute atomic E-state index is 12.3. The smallest absolute Gasteiger partial charge is 0.240 e. The third kappa shape index (κ3) is 3.64. The molecule has 1 saturated heterocycles. The fraction of sp³-hybridized carbons (Fsp3) is 0.929. The zero-order chi connectivity index (χ0) is 13.0. The molecule has 1 aliphatic heterocycles. The normalized spacial score (nSPS) is 37.2. The number of nitrogens with one attached hydrogen (secondary N) is 1. The molecule has 3 N–H and O–H groups in total. The van der Waals surface area contributed by atoms with Gasteiger partial charge in [0.15, 0.2) is 0 Å². The predicted molar refractivity (Wildman–Crippen MR) is 77.7 cm³/mol. The number of hydrogen-bond acceptors (Lipinski definition) is 3. The maximum atomic E-state index is 12.3. The number of carbonyl (C=O) groups is 1. The van der Waals surface area contributed by atoms with Crippen molar-refractivity contribution in [3.63, 3.8) is 0 Å². The second-order valence-corrected chi connectivity index (χ2v) is 7.46. The Morgan fingerprint density at radius 2 is 2.22 bits per heavy atom. The predicted octanol–water partition coefficient (Wildman–Crippen LogP) is 2.30. The van der Waals surface area contributed by atoms with E-state index in [9.17, 15) is 4.79 Å². The van der Waals surface area contributed by atoms with Crippen molar-refractivity contribution in [2.24, 2.45) is 11.7 Å². The van der Waals surface area contributed by atoms with Gasteiger partial charge in [-0.15, -0.1) is 0 Å². The maximum Gasteiger partial charge on any atom is 0.240 e. The summed E-state index contributed by atoms with van der Waals surface area (Å²) in [5.74, 6) is 1.91. The zero-order valence-electron chi connectivity index (χ0n) is 11.4. The minimum Gasteiger partial charge on any atom is -0.353 e. The molecule has 2 rings (SSSR count). The van der Waals surface area contributed by atoms with Crippen LogP contribution in [0.15, 0.2) is 0 Å². The average Bonchev–Trinajstić information content (AvgIpc) is 2.37. The lowest BCUT2D eigenvalue weighted by Gasteiger charge is -2.35. The first kappa shape index (κ1) is 14.2. The van der Waals surface area contributed by atoms with Crippen LogP contribution in [-0.2, 0) is 4.79 Å². The minimum atomic E-state index is -0.600. The highest BCUT2D eigenvalue weighted by molar-refractivity contribution is 7.99. The fourth-order valence-electron chi connectivity index (χ4n) is 3.15. The van der Waals surface area contributed by atoms with Crippen molar-refractivity contribution < 1.29 is 4.79 Å². The van der Waals surface area contributed by atoms with Crippen LogP contribution in [0.5, 0.6) is 0 Å². The molecule has 104 valence electrons. The van der Waals surface area contributed by atoms with E-state index in [1.54, 1.807) is 0 Å². The van der Waals surface area contributed by atoms with E-state index in [4.69, 9.17) is 5.73 Å². The van der Waals surface area contributed by atoms with Gasteiger partial charge < -0.3 is 11.1 Å². The lowest BCUT2D eigenvalue weighted by molar-refractivity contribution is -0.128. The molecule has 0 aromatic carbocycles. The van der Waals surface area contributed by atoms with Crippen LogP contribution in [0.25, 0.3) is 0 Å². The van der Waals surface area contributed by atoms with Gasteiger partial charge in [0.2, 0.25) is 5.91 Å². The van der Waals surface area contributed by atoms with E-state index >= 15 is 0 Å². The van der Waals surface area contributed by atoms with E-state index in [1.807, 2.05) is 11.8 Å². The van der Waals surface area contributed by atoms with Gasteiger partial charge in [0.1, 0.15) is 0 Å². The van der Waals surface area contributed by atoms with Crippen LogP contribution in [0.1, 0.15) is 51.9 Å². The van der Waals surface area contributed by atoms with Crippen molar-refractivity contribution in [1.82, 2.24) is 5.32 Å². The second-order valence-electron chi connectivity index (χ2n) is 6.06. The van der Waals surface area contributed by atoms with Gasteiger partial charge in [0, 0.05) is 11.8 Å². The monoisotopic (exact) mass is 270 g/mol. The summed E-state index contributed by atoms with van der Waals surface area (Å²) in [5.41, 5.74) is 5.69. The van der Waals surface area contributed by atoms with E-state index < -0.39 is 5.54 Å². The molecule has 0 radical (unpaired) electrons. The highest BCUT2D eigenvalue weighted by Gasteiger charge is 2.37. The number of nitrogens with two attached hydrogens (primary N) is 1. The van der Waals surface area contributed by atoms with Crippen LogP contribution >= 0.6 is 11.8 Å². The van der Waals surface area contributed by atoms with E-state index in [1.165, 1.54) is 31.4 Å². The molecule has 1 saturated carbocycles. The number of thioether (sulfide) groups is 1. The Morgan fingerprint density at radius 1 is 1.39 bits per heavy atom. The standard InChI is InChI=1S/C14H26N2OS/c1-11-5-4-7-14(15,9-11)13(17)16-10-12-6-2-3-8-18-12/h11-12H,2-10,15H2,1H3,(H,16,17). The van der Waals surface area contributed by atoms with Gasteiger partial charge in [0.25, 0.3) is 0 Å². The summed E-state index contributed by atoms with van der Waals surface area (Å²) in [6.07, 6.45) is 7.86. The Morgan fingerprint density at radius 3 is 2.89 bits per heavy atom. The van der Waals surface area contributed by atoms with Crippen molar-refractivity contribution in [2.45, 2.75) is 62.7 Å². The first-order valence-corrected chi connectivity index (χ1v) is 8.34. The molecule has 2 aliphatic rings. The van der Waals surface area contributed by atoms with Gasteiger partial charge in [-0.3, -0.25) is 4.79 Å².